The summed E-state index contributed by atoms with van der Waals surface area (Å²) in [7, 11) is 0. The maximum atomic E-state index is 10.1. The van der Waals surface area contributed by atoms with Crippen molar-refractivity contribution < 1.29 is 46.0 Å². The molecule has 9 aliphatic carbocycles. The van der Waals surface area contributed by atoms with Crippen molar-refractivity contribution in [1.29, 1.82) is 0 Å². The third-order valence-electron chi connectivity index (χ3n) is 33.7. The lowest BCUT2D eigenvalue weighted by molar-refractivity contribution is -0.0536. The molecule has 0 saturated heterocycles. The molecule has 0 heterocycles. The zero-order valence-corrected chi connectivity index (χ0v) is 86.6. The van der Waals surface area contributed by atoms with Gasteiger partial charge in [0, 0.05) is 0 Å². The Hall–Kier alpha value is -0.360. The fraction of sp³-hybridized carbons (Fsp3) is 1.00. The summed E-state index contributed by atoms with van der Waals surface area (Å²) in [4.78, 5) is 0. The van der Waals surface area contributed by atoms with E-state index in [1.165, 1.54) is 83.5 Å². The molecule has 0 bridgehead atoms. The van der Waals surface area contributed by atoms with Crippen LogP contribution in [-0.2, 0) is 0 Å². The molecule has 9 nitrogen and oxygen atoms in total. The second-order valence-corrected chi connectivity index (χ2v) is 51.6. The summed E-state index contributed by atoms with van der Waals surface area (Å²) >= 11 is 0. The minimum absolute atomic E-state index is 0.0368. The minimum Gasteiger partial charge on any atom is -0.393 e. The Morgan fingerprint density at radius 2 is 0.624 bits per heavy atom. The highest BCUT2D eigenvalue weighted by Gasteiger charge is 2.47. The van der Waals surface area contributed by atoms with Gasteiger partial charge >= 0.3 is 0 Å². The van der Waals surface area contributed by atoms with Crippen molar-refractivity contribution in [2.24, 2.45) is 210 Å². The molecule has 0 aromatic rings. The molecule has 36 unspecified atom stereocenters. The standard InChI is InChI=1S/9C12H24O/c1-8-6-10(12(3,4)5)11(13)7-9(8)2;1-8-6-9(2)11(10(13)7-8)12(3,4)5;1-8-6-9(2)11(13)10(7-8)12(3,4)5;1-8-6-7-10(13)9(2)11(8)12(3,4)5;1-8-6-7-10(13)11(9(8)2)12(3,4)5;1-8-6-7-10(12(3,4)5)11(13)9(8)2;1-8-6-7-9(2)11(13)10(8)12(3,4)5;1-5-8(2)11-6-10(4)12(13)7-9(11)3;1-5-8(2)12-9(3)6-11(13)7-10(12)4/h7*8-11,13H,6-7H2,1-5H3;2*8-13H,5-7H2,1-4H3. The topological polar surface area (TPSA) is 182 Å². The van der Waals surface area contributed by atoms with E-state index < -0.39 is 0 Å². The molecule has 9 N–H and O–H groups in total. The van der Waals surface area contributed by atoms with Crippen LogP contribution in [0.1, 0.15) is 426 Å². The average molecular weight is 1660 g/mol. The van der Waals surface area contributed by atoms with Crippen LogP contribution < -0.4 is 0 Å². The summed E-state index contributed by atoms with van der Waals surface area (Å²) in [5.41, 5.74) is 1.84. The number of rotatable bonds is 4. The second kappa shape index (κ2) is 49.3. The van der Waals surface area contributed by atoms with Crippen LogP contribution in [0.4, 0.5) is 0 Å². The molecule has 9 rings (SSSR count). The molecule has 702 valence electrons. The van der Waals surface area contributed by atoms with Gasteiger partial charge in [0.05, 0.1) is 54.9 Å². The zero-order chi connectivity index (χ0) is 91.6. The van der Waals surface area contributed by atoms with E-state index in [0.29, 0.717) is 130 Å². The first-order valence-electron chi connectivity index (χ1n) is 50.1. The smallest absolute Gasteiger partial charge is 0.0601 e. The molecule has 36 atom stereocenters. The van der Waals surface area contributed by atoms with Crippen LogP contribution in [0.5, 0.6) is 0 Å². The summed E-state index contributed by atoms with van der Waals surface area (Å²) < 4.78 is 0. The van der Waals surface area contributed by atoms with Crippen molar-refractivity contribution >= 4 is 0 Å². The molecule has 9 heteroatoms. The van der Waals surface area contributed by atoms with E-state index in [-0.39, 0.29) is 87.4 Å². The third-order valence-corrected chi connectivity index (χ3v) is 33.7. The van der Waals surface area contributed by atoms with Crippen molar-refractivity contribution in [2.45, 2.75) is 481 Å². The third kappa shape index (κ3) is 36.7. The normalized spacial score (nSPS) is 42.3. The highest BCUT2D eigenvalue weighted by atomic mass is 16.3. The largest absolute Gasteiger partial charge is 0.393 e. The fourth-order valence-electron chi connectivity index (χ4n) is 26.1. The number of aliphatic hydroxyl groups is 9. The number of hydrogen-bond acceptors (Lipinski definition) is 9. The van der Waals surface area contributed by atoms with E-state index in [1.54, 1.807) is 0 Å². The average Bonchev–Trinajstić information content (AvgIpc) is 0.815. The molecule has 0 aliphatic heterocycles. The Morgan fingerprint density at radius 1 is 0.231 bits per heavy atom. The van der Waals surface area contributed by atoms with Gasteiger partial charge in [0.2, 0.25) is 0 Å². The van der Waals surface area contributed by atoms with E-state index in [1.807, 2.05) is 0 Å². The molecule has 0 aromatic carbocycles. The maximum absolute atomic E-state index is 10.1. The van der Waals surface area contributed by atoms with Crippen LogP contribution in [0.25, 0.3) is 0 Å². The molecule has 9 aliphatic rings. The van der Waals surface area contributed by atoms with Crippen molar-refractivity contribution in [3.63, 3.8) is 0 Å². The molecule has 9 saturated carbocycles. The number of hydrogen-bond donors (Lipinski definition) is 9. The van der Waals surface area contributed by atoms with E-state index in [0.717, 1.165) is 92.3 Å². The minimum atomic E-state index is -0.0938. The predicted molar refractivity (Wildman–Crippen MR) is 509 cm³/mol. The van der Waals surface area contributed by atoms with Crippen LogP contribution in [0, 0.1) is 210 Å². The fourth-order valence-corrected chi connectivity index (χ4v) is 26.1. The van der Waals surface area contributed by atoms with Crippen LogP contribution in [0.3, 0.4) is 0 Å². The van der Waals surface area contributed by atoms with Gasteiger partial charge in [0.1, 0.15) is 0 Å². The van der Waals surface area contributed by atoms with Gasteiger partial charge in [0.15, 0.2) is 0 Å². The van der Waals surface area contributed by atoms with Crippen LogP contribution in [-0.4, -0.2) is 101 Å². The van der Waals surface area contributed by atoms with Crippen molar-refractivity contribution in [3.8, 4) is 0 Å². The molecule has 0 radical (unpaired) electrons. The van der Waals surface area contributed by atoms with Gasteiger partial charge in [-0.15, -0.1) is 0 Å². The first kappa shape index (κ1) is 115. The SMILES string of the molecule is CC1CC(C)C(C(C)(C)C)C(O)C1.CC1CC(C)C(O)C(C(C)(C)C)C1.CC1CC(O)C(C(C)(C)C)CC1C.CC1CCC(C(C)(C)C)C(O)C1C.CC1CCC(C)C(C(C)(C)C)C1O.CC1CCC(O)C(C(C)(C)C)C1C.CC1CCC(O)C(C)C1C(C)(C)C.CCC(C)C1C(C)CC(O)CC1C.CCC(C)C1CC(C)C(O)CC1C. The number of aliphatic hydroxyl groups excluding tert-OH is 9. The Kier molecular flexibility index (Phi) is 48.3. The summed E-state index contributed by atoms with van der Waals surface area (Å²) in [5, 5.41) is 89.6. The summed E-state index contributed by atoms with van der Waals surface area (Å²) in [5.74, 6) is 18.5. The van der Waals surface area contributed by atoms with E-state index in [9.17, 15) is 46.0 Å². The van der Waals surface area contributed by atoms with Gasteiger partial charge in [-0.25, -0.2) is 0 Å². The molecular weight excluding hydrogens is 1440 g/mol. The Balaban J connectivity index is 0.000000658. The van der Waals surface area contributed by atoms with E-state index in [4.69, 9.17) is 0 Å². The molecular formula is C108H216O9. The van der Waals surface area contributed by atoms with Gasteiger partial charge in [0.25, 0.3) is 0 Å². The first-order chi connectivity index (χ1) is 52.9. The Bertz CT molecular complexity index is 2470. The molecule has 9 fully saturated rings. The lowest BCUT2D eigenvalue weighted by atomic mass is 9.61. The lowest BCUT2D eigenvalue weighted by Gasteiger charge is -2.45. The molecule has 117 heavy (non-hydrogen) atoms. The highest BCUT2D eigenvalue weighted by Crippen LogP contribution is 2.51. The van der Waals surface area contributed by atoms with Crippen LogP contribution in [0.2, 0.25) is 0 Å². The lowest BCUT2D eigenvalue weighted by Crippen LogP contribution is -2.43. The molecule has 0 spiro atoms. The summed E-state index contributed by atoms with van der Waals surface area (Å²) in [6.07, 6.45) is 22.3. The van der Waals surface area contributed by atoms with E-state index in [2.05, 4.69) is 298 Å². The maximum Gasteiger partial charge on any atom is 0.0601 e. The Morgan fingerprint density at radius 3 is 1.05 bits per heavy atom. The quantitative estimate of drug-likeness (QED) is 0.132. The van der Waals surface area contributed by atoms with Crippen molar-refractivity contribution in [1.82, 2.24) is 0 Å². The van der Waals surface area contributed by atoms with Gasteiger partial charge < -0.3 is 46.0 Å². The monoisotopic (exact) mass is 1660 g/mol. The summed E-state index contributed by atoms with van der Waals surface area (Å²) in [6, 6.07) is 0. The predicted octanol–water partition coefficient (Wildman–Crippen LogP) is 27.7. The van der Waals surface area contributed by atoms with Crippen molar-refractivity contribution in [3.05, 3.63) is 0 Å². The van der Waals surface area contributed by atoms with Crippen molar-refractivity contribution in [2.75, 3.05) is 0 Å². The first-order valence-corrected chi connectivity index (χ1v) is 50.1. The highest BCUT2D eigenvalue weighted by molar-refractivity contribution is 4.97. The van der Waals surface area contributed by atoms with Gasteiger partial charge in [-0.1, -0.05) is 311 Å². The van der Waals surface area contributed by atoms with Gasteiger partial charge in [-0.3, -0.25) is 0 Å². The molecule has 0 aromatic heterocycles. The van der Waals surface area contributed by atoms with Crippen LogP contribution in [0.15, 0.2) is 0 Å². The summed E-state index contributed by atoms with van der Waals surface area (Å²) in [6.45, 7) is 97.2. The Labute approximate surface area is 732 Å². The zero-order valence-electron chi connectivity index (χ0n) is 86.6. The van der Waals surface area contributed by atoms with Crippen LogP contribution >= 0.6 is 0 Å². The van der Waals surface area contributed by atoms with Gasteiger partial charge in [-0.2, -0.15) is 0 Å². The second-order valence-electron chi connectivity index (χ2n) is 51.6. The van der Waals surface area contributed by atoms with E-state index >= 15 is 0 Å². The molecule has 0 amide bonds. The van der Waals surface area contributed by atoms with Gasteiger partial charge in [-0.05, 0) is 325 Å².